The van der Waals surface area contributed by atoms with Gasteiger partial charge in [0.2, 0.25) is 17.7 Å². The van der Waals surface area contributed by atoms with Crippen LogP contribution in [0.4, 0.5) is 0 Å². The van der Waals surface area contributed by atoms with Gasteiger partial charge in [0.05, 0.1) is 12.6 Å². The number of thioether (sulfide) groups is 1. The first-order valence-electron chi connectivity index (χ1n) is 7.78. The molecule has 0 saturated carbocycles. The smallest absolute Gasteiger partial charge is 0.325 e. The second-order valence-electron chi connectivity index (χ2n) is 5.44. The van der Waals surface area contributed by atoms with Gasteiger partial charge in [-0.2, -0.15) is 24.4 Å². The number of hydrogen-bond donors (Lipinski definition) is 7. The van der Waals surface area contributed by atoms with Gasteiger partial charge in [-0.3, -0.25) is 19.2 Å². The van der Waals surface area contributed by atoms with E-state index in [1.165, 1.54) is 18.7 Å². The zero-order valence-corrected chi connectivity index (χ0v) is 16.3. The summed E-state index contributed by atoms with van der Waals surface area (Å²) < 4.78 is 0. The fourth-order valence-corrected chi connectivity index (χ4v) is 2.35. The van der Waals surface area contributed by atoms with Crippen molar-refractivity contribution in [2.45, 2.75) is 37.5 Å². The molecule has 0 radical (unpaired) electrons. The average Bonchev–Trinajstić information content (AvgIpc) is 2.61. The molecule has 4 atom stereocenters. The van der Waals surface area contributed by atoms with Crippen LogP contribution in [0.25, 0.3) is 0 Å². The summed E-state index contributed by atoms with van der Waals surface area (Å²) in [6.07, 6.45) is 2.06. The molecule has 0 aliphatic rings. The number of hydrogen-bond acceptors (Lipinski definition) is 8. The van der Waals surface area contributed by atoms with Crippen molar-refractivity contribution in [2.75, 3.05) is 24.4 Å². The van der Waals surface area contributed by atoms with Gasteiger partial charge in [-0.1, -0.05) is 0 Å². The van der Waals surface area contributed by atoms with Crippen molar-refractivity contribution in [2.24, 2.45) is 5.73 Å². The molecule has 7 N–H and O–H groups in total. The van der Waals surface area contributed by atoms with Crippen molar-refractivity contribution in [1.82, 2.24) is 16.0 Å². The summed E-state index contributed by atoms with van der Waals surface area (Å²) in [6.45, 7) is 0.600. The van der Waals surface area contributed by atoms with E-state index in [2.05, 4.69) is 28.6 Å². The van der Waals surface area contributed by atoms with Gasteiger partial charge >= 0.3 is 5.97 Å². The molecule has 0 aromatic carbocycles. The number of rotatable bonds is 12. The van der Waals surface area contributed by atoms with Crippen LogP contribution in [0.15, 0.2) is 0 Å². The maximum atomic E-state index is 12.3. The molecule has 0 aromatic rings. The Morgan fingerprint density at radius 2 is 1.62 bits per heavy atom. The second-order valence-corrected chi connectivity index (χ2v) is 6.79. The molecule has 0 fully saturated rings. The summed E-state index contributed by atoms with van der Waals surface area (Å²) in [5.41, 5.74) is 5.49. The van der Waals surface area contributed by atoms with E-state index in [1.807, 2.05) is 6.26 Å². The average molecular weight is 411 g/mol. The van der Waals surface area contributed by atoms with E-state index in [9.17, 15) is 24.3 Å². The molecule has 0 spiro atoms. The Balaban J connectivity index is 4.99. The summed E-state index contributed by atoms with van der Waals surface area (Å²) in [6, 6.07) is -4.39. The number of aliphatic hydroxyl groups is 1. The molecule has 0 rings (SSSR count). The third-order valence-corrected chi connectivity index (χ3v) is 4.36. The van der Waals surface area contributed by atoms with Crippen molar-refractivity contribution in [3.63, 3.8) is 0 Å². The zero-order chi connectivity index (χ0) is 20.3. The van der Waals surface area contributed by atoms with Crippen LogP contribution >= 0.6 is 24.4 Å². The van der Waals surface area contributed by atoms with E-state index in [0.29, 0.717) is 5.75 Å². The number of carbonyl (C=O) groups excluding carboxylic acids is 3. The molecule has 26 heavy (non-hydrogen) atoms. The number of carboxylic acid groups (broad SMARTS) is 1. The predicted octanol–water partition coefficient (Wildman–Crippen LogP) is -2.45. The first-order chi connectivity index (χ1) is 12.2. The highest BCUT2D eigenvalue weighted by Crippen LogP contribution is 2.03. The van der Waals surface area contributed by atoms with Gasteiger partial charge in [0.1, 0.15) is 18.1 Å². The van der Waals surface area contributed by atoms with Crippen LogP contribution in [0.2, 0.25) is 0 Å². The lowest BCUT2D eigenvalue weighted by Crippen LogP contribution is -2.58. The van der Waals surface area contributed by atoms with Crippen LogP contribution < -0.4 is 21.7 Å². The Hall–Kier alpha value is -1.50. The molecular formula is C14H26N4O6S2. The second kappa shape index (κ2) is 12.8. The minimum absolute atomic E-state index is 0.0530. The van der Waals surface area contributed by atoms with Crippen molar-refractivity contribution in [3.8, 4) is 0 Å². The van der Waals surface area contributed by atoms with E-state index in [4.69, 9.17) is 10.8 Å². The molecule has 0 aliphatic carbocycles. The highest BCUT2D eigenvalue weighted by Gasteiger charge is 2.28. The summed E-state index contributed by atoms with van der Waals surface area (Å²) in [5, 5.41) is 25.2. The number of thiol groups is 1. The van der Waals surface area contributed by atoms with Crippen molar-refractivity contribution >= 4 is 48.1 Å². The fraction of sp³-hybridized carbons (Fsp3) is 0.714. The zero-order valence-electron chi connectivity index (χ0n) is 14.6. The highest BCUT2D eigenvalue weighted by atomic mass is 32.2. The van der Waals surface area contributed by atoms with E-state index < -0.39 is 54.5 Å². The van der Waals surface area contributed by atoms with Crippen LogP contribution in [0.3, 0.4) is 0 Å². The van der Waals surface area contributed by atoms with Crippen LogP contribution in [0.1, 0.15) is 13.3 Å². The summed E-state index contributed by atoms with van der Waals surface area (Å²) in [4.78, 5) is 47.1. The molecule has 0 aliphatic heterocycles. The molecule has 150 valence electrons. The maximum absolute atomic E-state index is 12.3. The quantitative estimate of drug-likeness (QED) is 0.174. The number of nitrogens with two attached hydrogens (primary N) is 1. The van der Waals surface area contributed by atoms with E-state index >= 15 is 0 Å². The lowest BCUT2D eigenvalue weighted by atomic mass is 10.1. The third kappa shape index (κ3) is 8.74. The van der Waals surface area contributed by atoms with Gasteiger partial charge in [0.15, 0.2) is 0 Å². The predicted molar refractivity (Wildman–Crippen MR) is 101 cm³/mol. The van der Waals surface area contributed by atoms with Crippen LogP contribution in [0.5, 0.6) is 0 Å². The largest absolute Gasteiger partial charge is 0.480 e. The van der Waals surface area contributed by atoms with Crippen LogP contribution in [0, 0.1) is 0 Å². The molecule has 0 heterocycles. The third-order valence-electron chi connectivity index (χ3n) is 3.32. The number of aliphatic hydroxyl groups excluding tert-OH is 1. The van der Waals surface area contributed by atoms with Gasteiger partial charge < -0.3 is 31.9 Å². The molecule has 0 saturated heterocycles. The lowest BCUT2D eigenvalue weighted by molar-refractivity contribution is -0.141. The Morgan fingerprint density at radius 3 is 2.08 bits per heavy atom. The normalized spacial score (nSPS) is 15.3. The van der Waals surface area contributed by atoms with Crippen LogP contribution in [-0.2, 0) is 19.2 Å². The number of amides is 3. The molecule has 3 amide bonds. The van der Waals surface area contributed by atoms with E-state index in [-0.39, 0.29) is 12.2 Å². The van der Waals surface area contributed by atoms with Crippen LogP contribution in [-0.4, -0.2) is 82.4 Å². The minimum atomic E-state index is -1.30. The Bertz CT molecular complexity index is 508. The molecule has 10 nitrogen and oxygen atoms in total. The Labute approximate surface area is 161 Å². The molecule has 0 bridgehead atoms. The molecule has 0 aromatic heterocycles. The summed E-state index contributed by atoms with van der Waals surface area (Å²) >= 11 is 5.31. The first kappa shape index (κ1) is 24.5. The van der Waals surface area contributed by atoms with Gasteiger partial charge in [-0.25, -0.2) is 0 Å². The number of nitrogens with one attached hydrogen (secondary N) is 3. The fourth-order valence-electron chi connectivity index (χ4n) is 1.71. The molecular weight excluding hydrogens is 384 g/mol. The topological polar surface area (TPSA) is 171 Å². The SMILES string of the molecule is CSCCC(NC(=O)C(CO)NC(=O)C(N)CS)C(=O)NC(C)C(=O)O. The number of carboxylic acids is 1. The molecule has 4 unspecified atom stereocenters. The van der Waals surface area contributed by atoms with Gasteiger partial charge in [0, 0.05) is 5.75 Å². The summed E-state index contributed by atoms with van der Waals surface area (Å²) in [7, 11) is 0. The van der Waals surface area contributed by atoms with E-state index in [1.54, 1.807) is 0 Å². The highest BCUT2D eigenvalue weighted by molar-refractivity contribution is 7.98. The van der Waals surface area contributed by atoms with Gasteiger partial charge in [-0.05, 0) is 25.4 Å². The van der Waals surface area contributed by atoms with Crippen molar-refractivity contribution < 1.29 is 29.4 Å². The maximum Gasteiger partial charge on any atom is 0.325 e. The minimum Gasteiger partial charge on any atom is -0.480 e. The standard InChI is InChI=1S/C14H26N4O6S2/c1-7(14(23)24)16-12(21)9(3-4-26-2)17-13(22)10(5-19)18-11(20)8(15)6-25/h7-10,19,25H,3-6,15H2,1-2H3,(H,16,21)(H,17,22)(H,18,20)(H,23,24). The van der Waals surface area contributed by atoms with E-state index in [0.717, 1.165) is 0 Å². The Morgan fingerprint density at radius 1 is 1.08 bits per heavy atom. The number of aliphatic carboxylic acids is 1. The lowest BCUT2D eigenvalue weighted by Gasteiger charge is -2.23. The molecule has 12 heteroatoms. The monoisotopic (exact) mass is 410 g/mol. The Kier molecular flexibility index (Phi) is 12.1. The summed E-state index contributed by atoms with van der Waals surface area (Å²) in [5.74, 6) is -2.75. The first-order valence-corrected chi connectivity index (χ1v) is 9.80. The van der Waals surface area contributed by atoms with Gasteiger partial charge in [0.25, 0.3) is 0 Å². The van der Waals surface area contributed by atoms with Gasteiger partial charge in [-0.15, -0.1) is 0 Å². The number of carbonyl (C=O) groups is 4. The van der Waals surface area contributed by atoms with Crippen molar-refractivity contribution in [1.29, 1.82) is 0 Å². The van der Waals surface area contributed by atoms with Crippen molar-refractivity contribution in [3.05, 3.63) is 0 Å².